The molecule has 142 valence electrons. The molecule has 0 aliphatic carbocycles. The molecule has 0 bridgehead atoms. The Bertz CT molecular complexity index is 500. The van der Waals surface area contributed by atoms with Crippen molar-refractivity contribution in [3.63, 3.8) is 0 Å². The minimum absolute atomic E-state index is 0.369. The molecule has 2 atom stereocenters. The van der Waals surface area contributed by atoms with Crippen LogP contribution in [0, 0.1) is 23.2 Å². The molecule has 0 radical (unpaired) electrons. The summed E-state index contributed by atoms with van der Waals surface area (Å²) in [5.41, 5.74) is 3.31. The minimum atomic E-state index is 0.369. The summed E-state index contributed by atoms with van der Waals surface area (Å²) >= 11 is 2.18. The molecule has 1 aromatic carbocycles. The summed E-state index contributed by atoms with van der Waals surface area (Å²) in [7, 11) is 0. The van der Waals surface area contributed by atoms with Crippen molar-refractivity contribution in [1.29, 1.82) is 0 Å². The Balaban J connectivity index is 1.72. The number of rotatable bonds is 8. The van der Waals surface area contributed by atoms with Crippen molar-refractivity contribution in [2.45, 2.75) is 60.9 Å². The number of nitrogens with zero attached hydrogens (tertiary/aromatic N) is 1. The van der Waals surface area contributed by atoms with Gasteiger partial charge in [0.2, 0.25) is 0 Å². The normalized spacial score (nSPS) is 20.4. The number of likely N-dealkylation sites (tertiary alicyclic amines) is 1. The molecule has 1 fully saturated rings. The second kappa shape index (κ2) is 9.46. The van der Waals surface area contributed by atoms with E-state index in [4.69, 9.17) is 0 Å². The van der Waals surface area contributed by atoms with Crippen LogP contribution in [0.3, 0.4) is 0 Å². The molecule has 2 rings (SSSR count). The van der Waals surface area contributed by atoms with Crippen LogP contribution < -0.4 is 0 Å². The van der Waals surface area contributed by atoms with Crippen molar-refractivity contribution in [2.24, 2.45) is 23.2 Å². The molecule has 0 N–H and O–H groups in total. The second-order valence-electron chi connectivity index (χ2n) is 9.70. The summed E-state index contributed by atoms with van der Waals surface area (Å²) in [5.74, 6) is 5.22. The highest BCUT2D eigenvalue weighted by Crippen LogP contribution is 2.25. The summed E-state index contributed by atoms with van der Waals surface area (Å²) in [6, 6.07) is 9.34. The van der Waals surface area contributed by atoms with E-state index in [2.05, 4.69) is 82.5 Å². The lowest BCUT2D eigenvalue weighted by Gasteiger charge is -2.19. The Labute approximate surface area is 161 Å². The molecule has 0 aromatic heterocycles. The summed E-state index contributed by atoms with van der Waals surface area (Å²) in [5, 5.41) is 0. The van der Waals surface area contributed by atoms with E-state index in [-0.39, 0.29) is 0 Å². The van der Waals surface area contributed by atoms with Crippen LogP contribution in [-0.2, 0) is 13.0 Å². The Hall–Kier alpha value is -0.470. The quantitative estimate of drug-likeness (QED) is 0.548. The first-order chi connectivity index (χ1) is 11.7. The molecule has 1 aliphatic rings. The van der Waals surface area contributed by atoms with E-state index >= 15 is 0 Å². The molecule has 1 heterocycles. The van der Waals surface area contributed by atoms with Gasteiger partial charge in [0.25, 0.3) is 0 Å². The van der Waals surface area contributed by atoms with Gasteiger partial charge in [-0.15, -0.1) is 0 Å². The minimum Gasteiger partial charge on any atom is -0.299 e. The van der Waals surface area contributed by atoms with Gasteiger partial charge in [-0.3, -0.25) is 4.90 Å². The van der Waals surface area contributed by atoms with Gasteiger partial charge in [-0.05, 0) is 65.2 Å². The Morgan fingerprint density at radius 1 is 1.08 bits per heavy atom. The van der Waals surface area contributed by atoms with E-state index in [1.165, 1.54) is 42.1 Å². The fourth-order valence-electron chi connectivity index (χ4n) is 3.44. The smallest absolute Gasteiger partial charge is 0.0233 e. The Morgan fingerprint density at radius 2 is 1.72 bits per heavy atom. The number of benzene rings is 1. The zero-order valence-corrected chi connectivity index (χ0v) is 18.2. The van der Waals surface area contributed by atoms with E-state index < -0.39 is 0 Å². The molecule has 25 heavy (non-hydrogen) atoms. The third-order valence-corrected chi connectivity index (χ3v) is 6.87. The highest BCUT2D eigenvalue weighted by molar-refractivity contribution is 7.99. The predicted molar refractivity (Wildman–Crippen MR) is 114 cm³/mol. The molecular formula is C23H39NS. The van der Waals surface area contributed by atoms with Crippen molar-refractivity contribution in [3.8, 4) is 0 Å². The fourth-order valence-corrected chi connectivity index (χ4v) is 4.94. The molecule has 0 saturated carbocycles. The van der Waals surface area contributed by atoms with E-state index in [0.29, 0.717) is 5.41 Å². The average Bonchev–Trinajstić information content (AvgIpc) is 2.95. The van der Waals surface area contributed by atoms with Crippen LogP contribution >= 0.6 is 11.8 Å². The lowest BCUT2D eigenvalue weighted by Crippen LogP contribution is -2.21. The van der Waals surface area contributed by atoms with Crippen molar-refractivity contribution >= 4 is 11.8 Å². The summed E-state index contributed by atoms with van der Waals surface area (Å²) < 4.78 is 0. The van der Waals surface area contributed by atoms with Crippen molar-refractivity contribution in [2.75, 3.05) is 24.6 Å². The largest absolute Gasteiger partial charge is 0.299 e. The van der Waals surface area contributed by atoms with E-state index in [1.807, 2.05) is 0 Å². The first kappa shape index (κ1) is 20.8. The van der Waals surface area contributed by atoms with Crippen molar-refractivity contribution < 1.29 is 0 Å². The second-order valence-corrected chi connectivity index (χ2v) is 10.8. The first-order valence-corrected chi connectivity index (χ1v) is 11.3. The van der Waals surface area contributed by atoms with Crippen LogP contribution in [0.2, 0.25) is 0 Å². The molecule has 2 unspecified atom stereocenters. The zero-order valence-electron chi connectivity index (χ0n) is 17.3. The molecule has 0 amide bonds. The van der Waals surface area contributed by atoms with Gasteiger partial charge in [0, 0.05) is 13.1 Å². The molecule has 0 spiro atoms. The number of hydrogen-bond donors (Lipinski definition) is 0. The van der Waals surface area contributed by atoms with Gasteiger partial charge >= 0.3 is 0 Å². The lowest BCUT2D eigenvalue weighted by molar-refractivity contribution is 0.321. The third-order valence-electron chi connectivity index (χ3n) is 5.41. The lowest BCUT2D eigenvalue weighted by atomic mass is 9.88. The van der Waals surface area contributed by atoms with Gasteiger partial charge in [0.15, 0.2) is 0 Å². The van der Waals surface area contributed by atoms with Crippen LogP contribution in [0.25, 0.3) is 0 Å². The topological polar surface area (TPSA) is 3.24 Å². The van der Waals surface area contributed by atoms with Crippen LogP contribution in [0.15, 0.2) is 24.3 Å². The van der Waals surface area contributed by atoms with Crippen molar-refractivity contribution in [3.05, 3.63) is 35.4 Å². The standard InChI is InChI=1S/C23H39NS/c1-18(2)19(3)16-25-17-22-11-12-24(15-22)14-21-9-7-20(8-10-21)13-23(4,5)6/h7-10,18-19,22H,11-17H2,1-6H3. The van der Waals surface area contributed by atoms with Crippen molar-refractivity contribution in [1.82, 2.24) is 4.90 Å². The van der Waals surface area contributed by atoms with Gasteiger partial charge in [-0.1, -0.05) is 65.8 Å². The molecule has 1 nitrogen and oxygen atoms in total. The number of hydrogen-bond acceptors (Lipinski definition) is 2. The summed E-state index contributed by atoms with van der Waals surface area (Å²) in [4.78, 5) is 2.65. The molecular weight excluding hydrogens is 322 g/mol. The SMILES string of the molecule is CC(C)C(C)CSCC1CCN(Cc2ccc(CC(C)(C)C)cc2)C1. The number of thioether (sulfide) groups is 1. The molecule has 1 aliphatic heterocycles. The average molecular weight is 362 g/mol. The highest BCUT2D eigenvalue weighted by atomic mass is 32.2. The van der Waals surface area contributed by atoms with Crippen LogP contribution in [-0.4, -0.2) is 29.5 Å². The van der Waals surface area contributed by atoms with Gasteiger partial charge in [-0.2, -0.15) is 11.8 Å². The Morgan fingerprint density at radius 3 is 2.32 bits per heavy atom. The zero-order chi connectivity index (χ0) is 18.4. The maximum Gasteiger partial charge on any atom is 0.0233 e. The predicted octanol–water partition coefficient (Wildman–Crippen LogP) is 6.12. The van der Waals surface area contributed by atoms with E-state index in [9.17, 15) is 0 Å². The monoisotopic (exact) mass is 361 g/mol. The van der Waals surface area contributed by atoms with Crippen LogP contribution in [0.1, 0.15) is 59.1 Å². The van der Waals surface area contributed by atoms with Gasteiger partial charge in [0.05, 0.1) is 0 Å². The van der Waals surface area contributed by atoms with Crippen LogP contribution in [0.5, 0.6) is 0 Å². The molecule has 2 heteroatoms. The van der Waals surface area contributed by atoms with E-state index in [1.54, 1.807) is 0 Å². The van der Waals surface area contributed by atoms with Gasteiger partial charge in [-0.25, -0.2) is 0 Å². The fraction of sp³-hybridized carbons (Fsp3) is 0.739. The Kier molecular flexibility index (Phi) is 7.89. The molecule has 1 aromatic rings. The summed E-state index contributed by atoms with van der Waals surface area (Å²) in [6.45, 7) is 17.7. The first-order valence-electron chi connectivity index (χ1n) is 10.1. The summed E-state index contributed by atoms with van der Waals surface area (Å²) in [6.07, 6.45) is 2.54. The van der Waals surface area contributed by atoms with Crippen LogP contribution in [0.4, 0.5) is 0 Å². The maximum atomic E-state index is 2.65. The third kappa shape index (κ3) is 7.74. The van der Waals surface area contributed by atoms with E-state index in [0.717, 1.165) is 30.7 Å². The van der Waals surface area contributed by atoms with Gasteiger partial charge < -0.3 is 0 Å². The highest BCUT2D eigenvalue weighted by Gasteiger charge is 2.22. The molecule has 1 saturated heterocycles. The maximum absolute atomic E-state index is 2.65. The van der Waals surface area contributed by atoms with Gasteiger partial charge in [0.1, 0.15) is 0 Å².